The van der Waals surface area contributed by atoms with Crippen molar-refractivity contribution in [1.82, 2.24) is 25.1 Å². The van der Waals surface area contributed by atoms with Crippen molar-refractivity contribution in [3.05, 3.63) is 11.1 Å². The monoisotopic (exact) mass is 339 g/mol. The van der Waals surface area contributed by atoms with Gasteiger partial charge in [-0.15, -0.1) is 5.10 Å². The van der Waals surface area contributed by atoms with Gasteiger partial charge in [0.2, 0.25) is 0 Å². The van der Waals surface area contributed by atoms with Gasteiger partial charge in [0.1, 0.15) is 4.88 Å². The van der Waals surface area contributed by atoms with Crippen LogP contribution in [0.5, 0.6) is 0 Å². The van der Waals surface area contributed by atoms with Gasteiger partial charge in [0.15, 0.2) is 0 Å². The molecule has 0 aliphatic carbocycles. The molecule has 2 N–H and O–H groups in total. The van der Waals surface area contributed by atoms with Crippen LogP contribution in [-0.4, -0.2) is 51.1 Å². The van der Waals surface area contributed by atoms with Gasteiger partial charge in [-0.1, -0.05) is 4.49 Å². The third kappa shape index (κ3) is 5.16. The predicted molar refractivity (Wildman–Crippen MR) is 89.4 cm³/mol. The summed E-state index contributed by atoms with van der Waals surface area (Å²) >= 11 is 1.12. The van der Waals surface area contributed by atoms with Crippen molar-refractivity contribution >= 4 is 23.5 Å². The fourth-order valence-corrected chi connectivity index (χ4v) is 3.20. The largest absolute Gasteiger partial charge is 0.337 e. The Morgan fingerprint density at radius 2 is 2.17 bits per heavy atom. The van der Waals surface area contributed by atoms with Gasteiger partial charge in [0.25, 0.3) is 5.91 Å². The molecule has 3 amide bonds. The smallest absolute Gasteiger partial charge is 0.315 e. The molecule has 0 unspecified atom stereocenters. The highest BCUT2D eigenvalue weighted by molar-refractivity contribution is 7.07. The molecule has 1 aromatic rings. The lowest BCUT2D eigenvalue weighted by Gasteiger charge is -2.36. The first-order valence-corrected chi connectivity index (χ1v) is 8.69. The highest BCUT2D eigenvalue weighted by atomic mass is 32.1. The Bertz CT molecular complexity index is 541. The standard InChI is InChI=1S/C15H25N5O2S/c1-10(17-14(22)18-15(2,3)4)11-6-5-7-20(9-11)13(21)12-8-16-19-23-12/h8,10-11H,5-7,9H2,1-4H3,(H2,17,18,22)/t10-,11+/m0/s1. The van der Waals surface area contributed by atoms with Gasteiger partial charge in [0, 0.05) is 24.7 Å². The van der Waals surface area contributed by atoms with Gasteiger partial charge in [-0.3, -0.25) is 4.79 Å². The van der Waals surface area contributed by atoms with E-state index in [1.54, 1.807) is 0 Å². The molecule has 1 aliphatic heterocycles. The second kappa shape index (κ2) is 7.25. The van der Waals surface area contributed by atoms with E-state index in [9.17, 15) is 9.59 Å². The Morgan fingerprint density at radius 1 is 1.43 bits per heavy atom. The Balaban J connectivity index is 1.90. The van der Waals surface area contributed by atoms with Crippen LogP contribution in [0.3, 0.4) is 0 Å². The van der Waals surface area contributed by atoms with Gasteiger partial charge in [-0.2, -0.15) is 0 Å². The number of amides is 3. The lowest BCUT2D eigenvalue weighted by atomic mass is 9.91. The molecule has 0 saturated carbocycles. The molecule has 0 spiro atoms. The maximum atomic E-state index is 12.4. The van der Waals surface area contributed by atoms with E-state index in [1.165, 1.54) is 6.20 Å². The molecule has 0 aromatic carbocycles. The van der Waals surface area contributed by atoms with Crippen molar-refractivity contribution < 1.29 is 9.59 Å². The number of nitrogens with zero attached hydrogens (tertiary/aromatic N) is 3. The molecular formula is C15H25N5O2S. The van der Waals surface area contributed by atoms with Crippen molar-refractivity contribution in [2.45, 2.75) is 52.1 Å². The van der Waals surface area contributed by atoms with Gasteiger partial charge in [-0.25, -0.2) is 4.79 Å². The molecule has 0 bridgehead atoms. The van der Waals surface area contributed by atoms with E-state index in [4.69, 9.17) is 0 Å². The molecule has 7 nitrogen and oxygen atoms in total. The van der Waals surface area contributed by atoms with Crippen LogP contribution in [0.15, 0.2) is 6.20 Å². The summed E-state index contributed by atoms with van der Waals surface area (Å²) in [6.07, 6.45) is 3.45. The molecule has 2 heterocycles. The van der Waals surface area contributed by atoms with Crippen LogP contribution in [0, 0.1) is 5.92 Å². The molecule has 1 fully saturated rings. The lowest BCUT2D eigenvalue weighted by Crippen LogP contribution is -2.53. The SMILES string of the molecule is C[C@H](NC(=O)NC(C)(C)C)[C@@H]1CCCN(C(=O)c2cnns2)C1. The van der Waals surface area contributed by atoms with Crippen LogP contribution >= 0.6 is 11.5 Å². The molecule has 23 heavy (non-hydrogen) atoms. The predicted octanol–water partition coefficient (Wildman–Crippen LogP) is 1.88. The van der Waals surface area contributed by atoms with Gasteiger partial charge in [0.05, 0.1) is 6.20 Å². The zero-order valence-corrected chi connectivity index (χ0v) is 14.9. The van der Waals surface area contributed by atoms with E-state index in [2.05, 4.69) is 20.2 Å². The van der Waals surface area contributed by atoms with Crippen LogP contribution in [0.2, 0.25) is 0 Å². The maximum absolute atomic E-state index is 12.4. The van der Waals surface area contributed by atoms with Crippen LogP contribution in [0.4, 0.5) is 4.79 Å². The summed E-state index contributed by atoms with van der Waals surface area (Å²) in [6, 6.07) is -0.160. The van der Waals surface area contributed by atoms with Crippen molar-refractivity contribution in [2.75, 3.05) is 13.1 Å². The van der Waals surface area contributed by atoms with E-state index in [-0.39, 0.29) is 29.4 Å². The Hall–Kier alpha value is -1.70. The third-order valence-corrected chi connectivity index (χ3v) is 4.52. The molecule has 128 valence electrons. The number of hydrogen-bond donors (Lipinski definition) is 2. The average molecular weight is 339 g/mol. The summed E-state index contributed by atoms with van der Waals surface area (Å²) < 4.78 is 3.74. The van der Waals surface area contributed by atoms with E-state index >= 15 is 0 Å². The van der Waals surface area contributed by atoms with Crippen molar-refractivity contribution in [3.8, 4) is 0 Å². The summed E-state index contributed by atoms with van der Waals surface area (Å²) in [6.45, 7) is 9.22. The molecule has 8 heteroatoms. The maximum Gasteiger partial charge on any atom is 0.315 e. The number of aromatic nitrogens is 2. The number of piperidine rings is 1. The summed E-state index contributed by atoms with van der Waals surface area (Å²) in [7, 11) is 0. The van der Waals surface area contributed by atoms with Crippen LogP contribution < -0.4 is 10.6 Å². The third-order valence-electron chi connectivity index (χ3n) is 3.87. The first-order chi connectivity index (χ1) is 10.8. The van der Waals surface area contributed by atoms with Crippen LogP contribution in [-0.2, 0) is 0 Å². The van der Waals surface area contributed by atoms with Gasteiger partial charge < -0.3 is 15.5 Å². The molecular weight excluding hydrogens is 314 g/mol. The van der Waals surface area contributed by atoms with Crippen molar-refractivity contribution in [2.24, 2.45) is 5.92 Å². The fourth-order valence-electron chi connectivity index (χ4n) is 2.72. The van der Waals surface area contributed by atoms with Crippen LogP contribution in [0.1, 0.15) is 50.2 Å². The molecule has 2 atom stereocenters. The Labute approximate surface area is 141 Å². The molecule has 1 aromatic heterocycles. The molecule has 0 radical (unpaired) electrons. The molecule has 2 rings (SSSR count). The number of urea groups is 1. The highest BCUT2D eigenvalue weighted by Crippen LogP contribution is 2.22. The zero-order valence-electron chi connectivity index (χ0n) is 14.1. The minimum Gasteiger partial charge on any atom is -0.337 e. The summed E-state index contributed by atoms with van der Waals surface area (Å²) in [5.74, 6) is 0.232. The van der Waals surface area contributed by atoms with E-state index < -0.39 is 0 Å². The quantitative estimate of drug-likeness (QED) is 0.880. The summed E-state index contributed by atoms with van der Waals surface area (Å²) in [4.78, 5) is 26.8. The van der Waals surface area contributed by atoms with E-state index in [1.807, 2.05) is 32.6 Å². The first kappa shape index (κ1) is 17.7. The summed E-state index contributed by atoms with van der Waals surface area (Å²) in [5.41, 5.74) is -0.266. The average Bonchev–Trinajstić information content (AvgIpc) is 2.98. The number of nitrogens with one attached hydrogen (secondary N) is 2. The number of likely N-dealkylation sites (tertiary alicyclic amines) is 1. The molecule has 1 aliphatic rings. The first-order valence-electron chi connectivity index (χ1n) is 7.91. The fraction of sp³-hybridized carbons (Fsp3) is 0.733. The normalized spacial score (nSPS) is 20.0. The van der Waals surface area contributed by atoms with E-state index in [0.717, 1.165) is 30.9 Å². The van der Waals surface area contributed by atoms with Crippen molar-refractivity contribution in [3.63, 3.8) is 0 Å². The van der Waals surface area contributed by atoms with Crippen molar-refractivity contribution in [1.29, 1.82) is 0 Å². The summed E-state index contributed by atoms with van der Waals surface area (Å²) in [5, 5.41) is 9.61. The van der Waals surface area contributed by atoms with E-state index in [0.29, 0.717) is 11.4 Å². The number of carbonyl (C=O) groups excluding carboxylic acids is 2. The molecule has 1 saturated heterocycles. The minimum atomic E-state index is -0.266. The number of carbonyl (C=O) groups is 2. The number of hydrogen-bond acceptors (Lipinski definition) is 5. The van der Waals surface area contributed by atoms with Gasteiger partial charge in [-0.05, 0) is 58.0 Å². The lowest BCUT2D eigenvalue weighted by molar-refractivity contribution is 0.0658. The second-order valence-corrected chi connectivity index (χ2v) is 7.86. The number of rotatable bonds is 3. The second-order valence-electron chi connectivity index (χ2n) is 7.07. The highest BCUT2D eigenvalue weighted by Gasteiger charge is 2.29. The zero-order chi connectivity index (χ0) is 17.0. The minimum absolute atomic E-state index is 0.00698. The van der Waals surface area contributed by atoms with Crippen LogP contribution in [0.25, 0.3) is 0 Å². The Kier molecular flexibility index (Phi) is 5.56. The Morgan fingerprint density at radius 3 is 2.78 bits per heavy atom. The topological polar surface area (TPSA) is 87.2 Å². The van der Waals surface area contributed by atoms with Gasteiger partial charge >= 0.3 is 6.03 Å².